The van der Waals surface area contributed by atoms with Gasteiger partial charge in [0.15, 0.2) is 0 Å². The summed E-state index contributed by atoms with van der Waals surface area (Å²) in [7, 11) is -0.366. The Hall–Kier alpha value is -1.88. The number of thiophene rings is 1. The van der Waals surface area contributed by atoms with Crippen molar-refractivity contribution < 1.29 is 9.31 Å². The third-order valence-electron chi connectivity index (χ3n) is 4.44. The number of benzene rings is 3. The van der Waals surface area contributed by atoms with Crippen LogP contribution in [0.1, 0.15) is 27.7 Å². The normalized spacial score (nSPS) is 12.1. The van der Waals surface area contributed by atoms with Crippen molar-refractivity contribution in [2.24, 2.45) is 0 Å². The smallest absolute Gasteiger partial charge is 0.405 e. The summed E-state index contributed by atoms with van der Waals surface area (Å²) in [5.74, 6) is 0. The van der Waals surface area contributed by atoms with Crippen molar-refractivity contribution in [2.45, 2.75) is 39.9 Å². The second-order valence-corrected chi connectivity index (χ2v) is 8.24. The molecule has 0 aliphatic carbocycles. The van der Waals surface area contributed by atoms with Crippen molar-refractivity contribution >= 4 is 54.9 Å². The van der Waals surface area contributed by atoms with Crippen LogP contribution in [-0.2, 0) is 9.31 Å². The van der Waals surface area contributed by atoms with Gasteiger partial charge in [0.05, 0.1) is 0 Å². The molecule has 3 aromatic carbocycles. The molecule has 0 aliphatic heterocycles. The van der Waals surface area contributed by atoms with Gasteiger partial charge in [-0.2, -0.15) is 0 Å². The zero-order valence-corrected chi connectivity index (χ0v) is 16.5. The fourth-order valence-corrected chi connectivity index (χ4v) is 4.69. The molecule has 0 radical (unpaired) electrons. The minimum atomic E-state index is -0.366. The molecule has 0 unspecified atom stereocenters. The van der Waals surface area contributed by atoms with Gasteiger partial charge in [-0.3, -0.25) is 0 Å². The minimum Gasteiger partial charge on any atom is -0.405 e. The van der Waals surface area contributed by atoms with Crippen molar-refractivity contribution in [1.82, 2.24) is 0 Å². The summed E-state index contributed by atoms with van der Waals surface area (Å²) >= 11 is 1.83. The number of hydrogen-bond donors (Lipinski definition) is 0. The van der Waals surface area contributed by atoms with Crippen LogP contribution in [0.25, 0.3) is 30.9 Å². The van der Waals surface area contributed by atoms with Gasteiger partial charge in [0.1, 0.15) is 0 Å². The zero-order valence-electron chi connectivity index (χ0n) is 15.7. The zero-order chi connectivity index (χ0) is 18.3. The summed E-state index contributed by atoms with van der Waals surface area (Å²) in [6, 6.07) is 19.5. The Morgan fingerprint density at radius 1 is 0.808 bits per heavy atom. The topological polar surface area (TPSA) is 18.5 Å². The van der Waals surface area contributed by atoms with Crippen LogP contribution in [0.15, 0.2) is 54.6 Å². The van der Waals surface area contributed by atoms with Gasteiger partial charge in [0.2, 0.25) is 0 Å². The van der Waals surface area contributed by atoms with Gasteiger partial charge in [-0.1, -0.05) is 48.5 Å². The molecule has 0 bridgehead atoms. The molecule has 1 heterocycles. The van der Waals surface area contributed by atoms with Crippen LogP contribution in [0.4, 0.5) is 0 Å². The van der Waals surface area contributed by atoms with Crippen molar-refractivity contribution in [3.8, 4) is 0 Å². The third-order valence-corrected chi connectivity index (χ3v) is 5.66. The van der Waals surface area contributed by atoms with Crippen LogP contribution < -0.4 is 5.46 Å². The van der Waals surface area contributed by atoms with Crippen molar-refractivity contribution in [2.75, 3.05) is 0 Å². The van der Waals surface area contributed by atoms with Crippen molar-refractivity contribution in [1.29, 1.82) is 0 Å². The van der Waals surface area contributed by atoms with Gasteiger partial charge >= 0.3 is 7.12 Å². The molecule has 4 rings (SSSR count). The summed E-state index contributed by atoms with van der Waals surface area (Å²) in [5, 5.41) is 5.13. The van der Waals surface area contributed by atoms with Gasteiger partial charge < -0.3 is 9.31 Å². The van der Waals surface area contributed by atoms with Crippen molar-refractivity contribution in [3.63, 3.8) is 0 Å². The first kappa shape index (κ1) is 17.5. The Kier molecular flexibility index (Phi) is 4.74. The molecule has 2 nitrogen and oxygen atoms in total. The van der Waals surface area contributed by atoms with E-state index in [0.717, 1.165) is 5.46 Å². The highest BCUT2D eigenvalue weighted by Gasteiger charge is 2.28. The molecule has 4 heteroatoms. The molecule has 0 amide bonds. The first-order valence-electron chi connectivity index (χ1n) is 9.18. The average Bonchev–Trinajstić information content (AvgIpc) is 2.99. The molecule has 1 aromatic heterocycles. The lowest BCUT2D eigenvalue weighted by Gasteiger charge is -2.21. The maximum absolute atomic E-state index is 6.18. The average molecular weight is 362 g/mol. The highest BCUT2D eigenvalue weighted by Crippen LogP contribution is 2.37. The highest BCUT2D eigenvalue weighted by molar-refractivity contribution is 7.27. The Bertz CT molecular complexity index is 1060. The standard InChI is InChI=1S/C22H23BO2S/c1-14(2)24-23(25-15(3)4)19-13-16-9-5-6-10-17(16)21-18-11-7-8-12-20(18)26-22(19)21/h5-15H,1-4H3. The van der Waals surface area contributed by atoms with Crippen LogP contribution in [0.5, 0.6) is 0 Å². The third kappa shape index (κ3) is 3.13. The lowest BCUT2D eigenvalue weighted by molar-refractivity contribution is 0.139. The quantitative estimate of drug-likeness (QED) is 0.421. The summed E-state index contributed by atoms with van der Waals surface area (Å²) in [4.78, 5) is 0. The summed E-state index contributed by atoms with van der Waals surface area (Å²) in [6.45, 7) is 8.22. The molecular weight excluding hydrogens is 339 g/mol. The molecule has 0 saturated heterocycles. The minimum absolute atomic E-state index is 0.0923. The highest BCUT2D eigenvalue weighted by atomic mass is 32.1. The summed E-state index contributed by atoms with van der Waals surface area (Å²) in [6.07, 6.45) is 0.185. The van der Waals surface area contributed by atoms with E-state index in [-0.39, 0.29) is 19.3 Å². The monoisotopic (exact) mass is 362 g/mol. The van der Waals surface area contributed by atoms with E-state index < -0.39 is 0 Å². The van der Waals surface area contributed by atoms with E-state index in [1.54, 1.807) is 0 Å². The summed E-state index contributed by atoms with van der Waals surface area (Å²) in [5.41, 5.74) is 1.13. The van der Waals surface area contributed by atoms with E-state index in [2.05, 4.69) is 82.3 Å². The predicted molar refractivity (Wildman–Crippen MR) is 115 cm³/mol. The molecule has 4 aromatic rings. The van der Waals surface area contributed by atoms with Crippen LogP contribution in [0, 0.1) is 0 Å². The molecule has 0 spiro atoms. The van der Waals surface area contributed by atoms with Gasteiger partial charge in [-0.05, 0) is 44.5 Å². The van der Waals surface area contributed by atoms with E-state index in [9.17, 15) is 0 Å². The van der Waals surface area contributed by atoms with E-state index in [4.69, 9.17) is 9.31 Å². The molecule has 132 valence electrons. The predicted octanol–water partition coefficient (Wildman–Crippen LogP) is 5.75. The van der Waals surface area contributed by atoms with E-state index in [1.165, 1.54) is 30.9 Å². The van der Waals surface area contributed by atoms with Gasteiger partial charge in [0, 0.05) is 37.8 Å². The molecule has 0 fully saturated rings. The second-order valence-electron chi connectivity index (χ2n) is 7.19. The fourth-order valence-electron chi connectivity index (χ4n) is 3.45. The fraction of sp³-hybridized carbons (Fsp3) is 0.273. The number of hydrogen-bond acceptors (Lipinski definition) is 3. The Labute approximate surface area is 158 Å². The molecule has 0 aliphatic rings. The van der Waals surface area contributed by atoms with Gasteiger partial charge in [0.25, 0.3) is 0 Å². The second kappa shape index (κ2) is 7.03. The number of fused-ring (bicyclic) bond motifs is 5. The van der Waals surface area contributed by atoms with E-state index in [1.807, 2.05) is 11.3 Å². The first-order valence-corrected chi connectivity index (χ1v) is 10.00. The first-order chi connectivity index (χ1) is 12.5. The van der Waals surface area contributed by atoms with Crippen LogP contribution >= 0.6 is 11.3 Å². The van der Waals surface area contributed by atoms with Gasteiger partial charge in [-0.25, -0.2) is 0 Å². The lowest BCUT2D eigenvalue weighted by atomic mass is 9.76. The molecular formula is C22H23BO2S. The van der Waals surface area contributed by atoms with E-state index in [0.29, 0.717) is 0 Å². The Balaban J connectivity index is 2.06. The van der Waals surface area contributed by atoms with Crippen LogP contribution in [0.3, 0.4) is 0 Å². The largest absolute Gasteiger partial charge is 0.495 e. The molecule has 0 N–H and O–H groups in total. The Morgan fingerprint density at radius 2 is 1.42 bits per heavy atom. The van der Waals surface area contributed by atoms with E-state index >= 15 is 0 Å². The maximum atomic E-state index is 6.18. The van der Waals surface area contributed by atoms with Gasteiger partial charge in [-0.15, -0.1) is 11.3 Å². The summed E-state index contributed by atoms with van der Waals surface area (Å²) < 4.78 is 14.9. The van der Waals surface area contributed by atoms with Crippen LogP contribution in [-0.4, -0.2) is 19.3 Å². The SMILES string of the molecule is CC(C)OB(OC(C)C)c1cc2ccccc2c2c1sc1ccccc12. The molecule has 0 atom stereocenters. The number of rotatable bonds is 5. The van der Waals surface area contributed by atoms with Crippen molar-refractivity contribution in [3.05, 3.63) is 54.6 Å². The Morgan fingerprint density at radius 3 is 2.12 bits per heavy atom. The molecule has 0 saturated carbocycles. The lowest BCUT2D eigenvalue weighted by Crippen LogP contribution is -2.41. The van der Waals surface area contributed by atoms with Crippen LogP contribution in [0.2, 0.25) is 0 Å². The molecule has 26 heavy (non-hydrogen) atoms. The maximum Gasteiger partial charge on any atom is 0.495 e.